The maximum atomic E-state index is 5.64. The van der Waals surface area contributed by atoms with E-state index in [0.29, 0.717) is 13.2 Å². The van der Waals surface area contributed by atoms with Crippen molar-refractivity contribution >= 4 is 11.6 Å². The summed E-state index contributed by atoms with van der Waals surface area (Å²) in [5.74, 6) is 3.40. The Morgan fingerprint density at radius 2 is 1.71 bits per heavy atom. The van der Waals surface area contributed by atoms with Gasteiger partial charge >= 0.3 is 0 Å². The topological polar surface area (TPSA) is 59.1 Å². The van der Waals surface area contributed by atoms with Crippen LogP contribution in [-0.2, 0) is 6.42 Å². The van der Waals surface area contributed by atoms with E-state index in [4.69, 9.17) is 4.74 Å². The molecule has 2 aromatic rings. The first-order valence-electron chi connectivity index (χ1n) is 7.35. The van der Waals surface area contributed by atoms with Crippen molar-refractivity contribution in [2.45, 2.75) is 20.3 Å². The molecule has 0 unspecified atom stereocenters. The Hall–Kier alpha value is -2.30. The molecule has 2 N–H and O–H groups in total. The minimum Gasteiger partial charge on any atom is -0.492 e. The Labute approximate surface area is 125 Å². The van der Waals surface area contributed by atoms with Gasteiger partial charge in [-0.05, 0) is 19.1 Å². The van der Waals surface area contributed by atoms with Gasteiger partial charge in [-0.1, -0.05) is 25.1 Å². The molecule has 0 bridgehead atoms. The first-order chi connectivity index (χ1) is 10.3. The molecule has 0 saturated heterocycles. The monoisotopic (exact) mass is 286 g/mol. The van der Waals surface area contributed by atoms with E-state index in [1.807, 2.05) is 43.3 Å². The molecule has 0 aliphatic rings. The molecule has 2 rings (SSSR count). The van der Waals surface area contributed by atoms with E-state index in [-0.39, 0.29) is 0 Å². The third-order valence-corrected chi connectivity index (χ3v) is 2.87. The molecule has 21 heavy (non-hydrogen) atoms. The number of ether oxygens (including phenoxy) is 1. The van der Waals surface area contributed by atoms with E-state index in [1.165, 1.54) is 0 Å². The molecular weight excluding hydrogens is 264 g/mol. The van der Waals surface area contributed by atoms with Crippen molar-refractivity contribution in [3.8, 4) is 5.75 Å². The van der Waals surface area contributed by atoms with Crippen LogP contribution in [0, 0.1) is 0 Å². The summed E-state index contributed by atoms with van der Waals surface area (Å²) in [6, 6.07) is 11.7. The first kappa shape index (κ1) is 15.1. The summed E-state index contributed by atoms with van der Waals surface area (Å²) in [5, 5.41) is 6.49. The lowest BCUT2D eigenvalue weighted by molar-refractivity contribution is 0.332. The molecule has 0 fully saturated rings. The Kier molecular flexibility index (Phi) is 5.82. The SMILES string of the molecule is CCNc1cc(NCCOc2ccccc2)nc(CC)n1. The van der Waals surface area contributed by atoms with Crippen molar-refractivity contribution in [2.24, 2.45) is 0 Å². The van der Waals surface area contributed by atoms with E-state index >= 15 is 0 Å². The molecule has 0 aliphatic heterocycles. The molecule has 0 atom stereocenters. The predicted octanol–water partition coefficient (Wildman–Crippen LogP) is 2.96. The molecule has 5 nitrogen and oxygen atoms in total. The first-order valence-corrected chi connectivity index (χ1v) is 7.35. The van der Waals surface area contributed by atoms with E-state index in [2.05, 4.69) is 27.5 Å². The van der Waals surface area contributed by atoms with Crippen LogP contribution in [-0.4, -0.2) is 29.7 Å². The van der Waals surface area contributed by atoms with Gasteiger partial charge < -0.3 is 15.4 Å². The molecule has 1 aromatic carbocycles. The quantitative estimate of drug-likeness (QED) is 0.731. The highest BCUT2D eigenvalue weighted by atomic mass is 16.5. The van der Waals surface area contributed by atoms with Gasteiger partial charge in [-0.3, -0.25) is 0 Å². The molecule has 0 saturated carbocycles. The van der Waals surface area contributed by atoms with Crippen LogP contribution < -0.4 is 15.4 Å². The summed E-state index contributed by atoms with van der Waals surface area (Å²) in [5.41, 5.74) is 0. The maximum Gasteiger partial charge on any atom is 0.132 e. The number of nitrogens with zero attached hydrogens (tertiary/aromatic N) is 2. The summed E-state index contributed by atoms with van der Waals surface area (Å²) in [7, 11) is 0. The average molecular weight is 286 g/mol. The molecule has 0 spiro atoms. The van der Waals surface area contributed by atoms with Crippen LogP contribution in [0.4, 0.5) is 11.6 Å². The second-order valence-corrected chi connectivity index (χ2v) is 4.53. The van der Waals surface area contributed by atoms with Gasteiger partial charge in [0.2, 0.25) is 0 Å². The van der Waals surface area contributed by atoms with Gasteiger partial charge in [-0.25, -0.2) is 9.97 Å². The summed E-state index contributed by atoms with van der Waals surface area (Å²) in [6.07, 6.45) is 0.814. The van der Waals surface area contributed by atoms with Crippen molar-refractivity contribution in [3.63, 3.8) is 0 Å². The fraction of sp³-hybridized carbons (Fsp3) is 0.375. The lowest BCUT2D eigenvalue weighted by atomic mass is 10.3. The normalized spacial score (nSPS) is 10.2. The number of para-hydroxylation sites is 1. The Balaban J connectivity index is 1.86. The molecule has 1 aromatic heterocycles. The third-order valence-electron chi connectivity index (χ3n) is 2.87. The summed E-state index contributed by atoms with van der Waals surface area (Å²) in [4.78, 5) is 8.88. The van der Waals surface area contributed by atoms with Gasteiger partial charge in [-0.2, -0.15) is 0 Å². The number of aromatic nitrogens is 2. The van der Waals surface area contributed by atoms with Crippen LogP contribution >= 0.6 is 0 Å². The summed E-state index contributed by atoms with van der Waals surface area (Å²) >= 11 is 0. The lowest BCUT2D eigenvalue weighted by Crippen LogP contribution is -2.14. The number of hydrogen-bond donors (Lipinski definition) is 2. The van der Waals surface area contributed by atoms with Crippen LogP contribution in [0.15, 0.2) is 36.4 Å². The van der Waals surface area contributed by atoms with Crippen molar-refractivity contribution < 1.29 is 4.74 Å². The second-order valence-electron chi connectivity index (χ2n) is 4.53. The average Bonchev–Trinajstić information content (AvgIpc) is 2.53. The Morgan fingerprint density at radius 3 is 2.38 bits per heavy atom. The zero-order chi connectivity index (χ0) is 14.9. The number of anilines is 2. The predicted molar refractivity (Wildman–Crippen MR) is 86.0 cm³/mol. The smallest absolute Gasteiger partial charge is 0.132 e. The summed E-state index contributed by atoms with van der Waals surface area (Å²) in [6.45, 7) is 6.23. The van der Waals surface area contributed by atoms with Crippen LogP contribution in [0.2, 0.25) is 0 Å². The fourth-order valence-electron chi connectivity index (χ4n) is 1.88. The zero-order valence-corrected chi connectivity index (χ0v) is 12.6. The second kappa shape index (κ2) is 8.09. The van der Waals surface area contributed by atoms with Crippen molar-refractivity contribution in [1.29, 1.82) is 0 Å². The summed E-state index contributed by atoms with van der Waals surface area (Å²) < 4.78 is 5.64. The molecule has 1 heterocycles. The van der Waals surface area contributed by atoms with Gasteiger partial charge in [0, 0.05) is 19.0 Å². The number of hydrogen-bond acceptors (Lipinski definition) is 5. The third kappa shape index (κ3) is 4.95. The number of rotatable bonds is 8. The minimum atomic E-state index is 0.589. The highest BCUT2D eigenvalue weighted by Crippen LogP contribution is 2.12. The number of aryl methyl sites for hydroxylation is 1. The van der Waals surface area contributed by atoms with Gasteiger partial charge in [0.05, 0.1) is 6.54 Å². The van der Waals surface area contributed by atoms with Gasteiger partial charge in [0.25, 0.3) is 0 Å². The molecule has 112 valence electrons. The van der Waals surface area contributed by atoms with Crippen LogP contribution in [0.25, 0.3) is 0 Å². The standard InChI is InChI=1S/C16H22N4O/c1-3-14-19-15(17-4-2)12-16(20-14)18-10-11-21-13-8-6-5-7-9-13/h5-9,12H,3-4,10-11H2,1-2H3,(H2,17,18,19,20). The van der Waals surface area contributed by atoms with Crippen LogP contribution in [0.1, 0.15) is 19.7 Å². The van der Waals surface area contributed by atoms with Crippen LogP contribution in [0.3, 0.4) is 0 Å². The van der Waals surface area contributed by atoms with Gasteiger partial charge in [0.15, 0.2) is 0 Å². The van der Waals surface area contributed by atoms with Crippen molar-refractivity contribution in [2.75, 3.05) is 30.3 Å². The number of nitrogens with one attached hydrogen (secondary N) is 2. The van der Waals surface area contributed by atoms with E-state index < -0.39 is 0 Å². The van der Waals surface area contributed by atoms with Gasteiger partial charge in [-0.15, -0.1) is 0 Å². The highest BCUT2D eigenvalue weighted by molar-refractivity contribution is 5.47. The van der Waals surface area contributed by atoms with Crippen molar-refractivity contribution in [3.05, 3.63) is 42.2 Å². The Bertz CT molecular complexity index is 545. The molecule has 5 heteroatoms. The molecular formula is C16H22N4O. The molecule has 0 amide bonds. The van der Waals surface area contributed by atoms with Crippen molar-refractivity contribution in [1.82, 2.24) is 9.97 Å². The maximum absolute atomic E-state index is 5.64. The molecule has 0 radical (unpaired) electrons. The zero-order valence-electron chi connectivity index (χ0n) is 12.6. The van der Waals surface area contributed by atoms with Crippen LogP contribution in [0.5, 0.6) is 5.75 Å². The number of benzene rings is 1. The van der Waals surface area contributed by atoms with Gasteiger partial charge in [0.1, 0.15) is 29.8 Å². The van der Waals surface area contributed by atoms with E-state index in [9.17, 15) is 0 Å². The minimum absolute atomic E-state index is 0.589. The molecule has 0 aliphatic carbocycles. The highest BCUT2D eigenvalue weighted by Gasteiger charge is 2.02. The fourth-order valence-corrected chi connectivity index (χ4v) is 1.88. The largest absolute Gasteiger partial charge is 0.492 e. The lowest BCUT2D eigenvalue weighted by Gasteiger charge is -2.10. The Morgan fingerprint density at radius 1 is 1.00 bits per heavy atom. The van der Waals surface area contributed by atoms with E-state index in [1.54, 1.807) is 0 Å². The van der Waals surface area contributed by atoms with E-state index in [0.717, 1.165) is 36.2 Å².